The summed E-state index contributed by atoms with van der Waals surface area (Å²) >= 11 is 3.49. The molecule has 5 aromatic rings. The van der Waals surface area contributed by atoms with Crippen molar-refractivity contribution in [3.05, 3.63) is 131 Å². The van der Waals surface area contributed by atoms with Gasteiger partial charge in [0.25, 0.3) is 5.56 Å². The van der Waals surface area contributed by atoms with Crippen LogP contribution < -0.4 is 24.4 Å². The number of hydrogen-bond acceptors (Lipinski definition) is 8. The van der Waals surface area contributed by atoms with Gasteiger partial charge in [-0.3, -0.25) is 9.36 Å². The molecule has 1 aliphatic heterocycles. The van der Waals surface area contributed by atoms with Gasteiger partial charge in [0.05, 0.1) is 42.7 Å². The van der Waals surface area contributed by atoms with E-state index in [0.29, 0.717) is 43.6 Å². The fraction of sp³-hybridized carbons (Fsp3) is 0.147. The summed E-state index contributed by atoms with van der Waals surface area (Å²) in [5.74, 6) is 1.65. The molecule has 0 saturated carbocycles. The Bertz CT molecular complexity index is 2060. The maximum atomic E-state index is 14.2. The molecule has 6 rings (SSSR count). The van der Waals surface area contributed by atoms with Crippen LogP contribution in [0.1, 0.15) is 29.9 Å². The maximum absolute atomic E-state index is 14.2. The van der Waals surface area contributed by atoms with Gasteiger partial charge < -0.3 is 18.6 Å². The third-order valence-corrected chi connectivity index (χ3v) is 8.83. The van der Waals surface area contributed by atoms with Crippen LogP contribution in [0.25, 0.3) is 23.1 Å². The molecule has 0 fully saturated rings. The number of rotatable bonds is 8. The Balaban J connectivity index is 1.58. The largest absolute Gasteiger partial charge is 0.493 e. The first-order valence-electron chi connectivity index (χ1n) is 13.8. The second-order valence-electron chi connectivity index (χ2n) is 9.75. The molecule has 0 aliphatic carbocycles. The third-order valence-electron chi connectivity index (χ3n) is 7.13. The normalized spacial score (nSPS) is 14.6. The van der Waals surface area contributed by atoms with E-state index in [1.807, 2.05) is 72.8 Å². The van der Waals surface area contributed by atoms with Crippen LogP contribution in [0.2, 0.25) is 0 Å². The monoisotopic (exact) mass is 718 g/mol. The summed E-state index contributed by atoms with van der Waals surface area (Å²) in [6.45, 7) is 1.91. The van der Waals surface area contributed by atoms with E-state index in [2.05, 4.69) is 22.6 Å². The lowest BCUT2D eigenvalue weighted by atomic mass is 9.93. The molecule has 8 nitrogen and oxygen atoms in total. The van der Waals surface area contributed by atoms with Gasteiger partial charge in [0.1, 0.15) is 11.5 Å². The Morgan fingerprint density at radius 2 is 1.73 bits per heavy atom. The molecular formula is C34H27IN2O6S. The van der Waals surface area contributed by atoms with Crippen LogP contribution in [0, 0.1) is 3.57 Å². The first-order chi connectivity index (χ1) is 21.4. The minimum Gasteiger partial charge on any atom is -0.493 e. The molecule has 44 heavy (non-hydrogen) atoms. The van der Waals surface area contributed by atoms with Crippen LogP contribution >= 0.6 is 33.9 Å². The Morgan fingerprint density at radius 1 is 0.977 bits per heavy atom. The lowest BCUT2D eigenvalue weighted by Crippen LogP contribution is -2.40. The van der Waals surface area contributed by atoms with Gasteiger partial charge >= 0.3 is 5.97 Å². The Labute approximate surface area is 270 Å². The van der Waals surface area contributed by atoms with E-state index in [0.717, 1.165) is 14.7 Å². The Kier molecular flexibility index (Phi) is 8.53. The second-order valence-corrected chi connectivity index (χ2v) is 12.0. The topological polar surface area (TPSA) is 92.3 Å². The van der Waals surface area contributed by atoms with Crippen molar-refractivity contribution in [3.63, 3.8) is 0 Å². The zero-order valence-electron chi connectivity index (χ0n) is 24.1. The smallest absolute Gasteiger partial charge is 0.338 e. The highest BCUT2D eigenvalue weighted by molar-refractivity contribution is 14.1. The van der Waals surface area contributed by atoms with Gasteiger partial charge in [-0.25, -0.2) is 9.79 Å². The summed E-state index contributed by atoms with van der Waals surface area (Å²) in [6, 6.07) is 25.6. The Morgan fingerprint density at radius 3 is 2.43 bits per heavy atom. The van der Waals surface area contributed by atoms with Gasteiger partial charge in [0.2, 0.25) is 0 Å². The van der Waals surface area contributed by atoms with Crippen molar-refractivity contribution in [1.29, 1.82) is 0 Å². The fourth-order valence-corrected chi connectivity index (χ4v) is 6.45. The quantitative estimate of drug-likeness (QED) is 0.149. The number of hydrogen-bond donors (Lipinski definition) is 0. The predicted molar refractivity (Wildman–Crippen MR) is 177 cm³/mol. The van der Waals surface area contributed by atoms with Gasteiger partial charge in [0.15, 0.2) is 16.3 Å². The molecule has 0 radical (unpaired) electrons. The molecule has 3 aromatic carbocycles. The number of aromatic nitrogens is 1. The number of ether oxygens (including phenoxy) is 3. The molecule has 2 aromatic heterocycles. The molecule has 1 aliphatic rings. The first kappa shape index (κ1) is 29.6. The molecule has 1 atom stereocenters. The summed E-state index contributed by atoms with van der Waals surface area (Å²) < 4.78 is 25.8. The average molecular weight is 719 g/mol. The number of benzene rings is 3. The number of halogens is 1. The molecule has 10 heteroatoms. The number of thiazole rings is 1. The van der Waals surface area contributed by atoms with E-state index < -0.39 is 12.0 Å². The number of methoxy groups -OCH3 is 2. The zero-order chi connectivity index (χ0) is 30.8. The summed E-state index contributed by atoms with van der Waals surface area (Å²) in [4.78, 5) is 33.2. The lowest BCUT2D eigenvalue weighted by Gasteiger charge is -2.26. The van der Waals surface area contributed by atoms with Gasteiger partial charge in [-0.15, -0.1) is 0 Å². The lowest BCUT2D eigenvalue weighted by molar-refractivity contribution is -0.138. The molecule has 0 amide bonds. The van der Waals surface area contributed by atoms with Gasteiger partial charge in [-0.2, -0.15) is 0 Å². The second kappa shape index (κ2) is 12.7. The van der Waals surface area contributed by atoms with Crippen molar-refractivity contribution < 1.29 is 23.4 Å². The highest BCUT2D eigenvalue weighted by Crippen LogP contribution is 2.38. The van der Waals surface area contributed by atoms with Crippen LogP contribution in [-0.4, -0.2) is 31.4 Å². The molecule has 0 bridgehead atoms. The van der Waals surface area contributed by atoms with Crippen LogP contribution in [0.4, 0.5) is 0 Å². The number of nitrogens with zero attached hydrogens (tertiary/aromatic N) is 2. The van der Waals surface area contributed by atoms with Crippen molar-refractivity contribution >= 4 is 51.7 Å². The minimum absolute atomic E-state index is 0.162. The standard InChI is InChI=1S/C34H27IN2O6S/c1-4-42-33(39)29-30(21-8-6-5-7-9-21)36-34-37(31(29)22-12-16-26(40-2)27(18-22)41-3)32(38)28(44-34)19-24-15-17-25(43-24)20-10-13-23(35)14-11-20/h5-19,31H,4H2,1-3H3/b28-19-/t31-/m1/s1. The van der Waals surface area contributed by atoms with E-state index in [1.165, 1.54) is 11.3 Å². The third kappa shape index (κ3) is 5.62. The van der Waals surface area contributed by atoms with E-state index in [9.17, 15) is 9.59 Å². The van der Waals surface area contributed by atoms with E-state index in [4.69, 9.17) is 23.6 Å². The van der Waals surface area contributed by atoms with E-state index >= 15 is 0 Å². The van der Waals surface area contributed by atoms with Crippen molar-refractivity contribution in [1.82, 2.24) is 4.57 Å². The van der Waals surface area contributed by atoms with Gasteiger partial charge in [0, 0.05) is 20.8 Å². The van der Waals surface area contributed by atoms with Crippen molar-refractivity contribution in [2.45, 2.75) is 13.0 Å². The predicted octanol–water partition coefficient (Wildman–Crippen LogP) is 5.82. The SMILES string of the molecule is CCOC(=O)C1=C(c2ccccc2)N=c2s/c(=C\c3ccc(-c4ccc(I)cc4)o3)c(=O)n2[C@@H]1c1ccc(OC)c(OC)c1. The van der Waals surface area contributed by atoms with Crippen LogP contribution in [0.15, 0.2) is 105 Å². The molecule has 222 valence electrons. The summed E-state index contributed by atoms with van der Waals surface area (Å²) in [6.07, 6.45) is 1.71. The number of carbonyl (C=O) groups is 1. The molecule has 3 heterocycles. The van der Waals surface area contributed by atoms with E-state index in [1.54, 1.807) is 43.9 Å². The van der Waals surface area contributed by atoms with Crippen molar-refractivity contribution in [2.75, 3.05) is 20.8 Å². The van der Waals surface area contributed by atoms with E-state index in [-0.39, 0.29) is 17.7 Å². The molecular weight excluding hydrogens is 691 g/mol. The fourth-order valence-electron chi connectivity index (χ4n) is 5.11. The zero-order valence-corrected chi connectivity index (χ0v) is 27.0. The number of esters is 1. The average Bonchev–Trinajstić information content (AvgIpc) is 3.64. The first-order valence-corrected chi connectivity index (χ1v) is 15.7. The van der Waals surface area contributed by atoms with Crippen LogP contribution in [0.5, 0.6) is 11.5 Å². The summed E-state index contributed by atoms with van der Waals surface area (Å²) in [5, 5.41) is 0. The van der Waals surface area contributed by atoms with Crippen LogP contribution in [0.3, 0.4) is 0 Å². The van der Waals surface area contributed by atoms with Crippen LogP contribution in [-0.2, 0) is 9.53 Å². The number of furan rings is 1. The van der Waals surface area contributed by atoms with Crippen molar-refractivity contribution in [2.24, 2.45) is 4.99 Å². The number of fused-ring (bicyclic) bond motifs is 1. The molecule has 0 saturated heterocycles. The maximum Gasteiger partial charge on any atom is 0.338 e. The Hall–Kier alpha value is -4.42. The highest BCUT2D eigenvalue weighted by Gasteiger charge is 2.35. The number of carbonyl (C=O) groups excluding carboxylic acids is 1. The summed E-state index contributed by atoms with van der Waals surface area (Å²) in [7, 11) is 3.09. The molecule has 0 unspecified atom stereocenters. The molecule has 0 N–H and O–H groups in total. The highest BCUT2D eigenvalue weighted by atomic mass is 127. The summed E-state index contributed by atoms with van der Waals surface area (Å²) in [5.41, 5.74) is 2.69. The minimum atomic E-state index is -0.846. The van der Waals surface area contributed by atoms with Gasteiger partial charge in [-0.05, 0) is 71.5 Å². The van der Waals surface area contributed by atoms with Crippen molar-refractivity contribution in [3.8, 4) is 22.8 Å². The van der Waals surface area contributed by atoms with Gasteiger partial charge in [-0.1, -0.05) is 59.9 Å². The molecule has 0 spiro atoms.